The molecule has 0 aliphatic heterocycles. The maximum absolute atomic E-state index is 6.27. The van der Waals surface area contributed by atoms with E-state index in [2.05, 4.69) is 21.6 Å². The van der Waals surface area contributed by atoms with Crippen LogP contribution >= 0.6 is 11.6 Å². The average Bonchev–Trinajstić information content (AvgIpc) is 2.97. The minimum absolute atomic E-state index is 0.152. The summed E-state index contributed by atoms with van der Waals surface area (Å²) in [4.78, 5) is 4.66. The van der Waals surface area contributed by atoms with E-state index in [1.165, 1.54) is 0 Å². The minimum atomic E-state index is -0.152. The Labute approximate surface area is 130 Å². The van der Waals surface area contributed by atoms with E-state index in [9.17, 15) is 0 Å². The van der Waals surface area contributed by atoms with Gasteiger partial charge in [0.15, 0.2) is 5.65 Å². The summed E-state index contributed by atoms with van der Waals surface area (Å²) in [6.07, 6.45) is 0. The Bertz CT molecular complexity index is 591. The number of fused-ring (bicyclic) bond motifs is 1. The summed E-state index contributed by atoms with van der Waals surface area (Å²) in [5.74, 6) is 0.865. The fourth-order valence-electron chi connectivity index (χ4n) is 2.39. The molecule has 0 bridgehead atoms. The van der Waals surface area contributed by atoms with Gasteiger partial charge < -0.3 is 14.0 Å². The van der Waals surface area contributed by atoms with Crippen molar-refractivity contribution in [2.45, 2.75) is 39.2 Å². The lowest BCUT2D eigenvalue weighted by atomic mass is 10.4. The summed E-state index contributed by atoms with van der Waals surface area (Å²) in [6.45, 7) is 9.28. The van der Waals surface area contributed by atoms with Gasteiger partial charge in [0.25, 0.3) is 0 Å². The van der Waals surface area contributed by atoms with Crippen LogP contribution in [0.2, 0.25) is 0 Å². The van der Waals surface area contributed by atoms with E-state index in [0.717, 1.165) is 29.2 Å². The molecule has 2 heterocycles. The normalized spacial score (nSPS) is 13.2. The monoisotopic (exact) mass is 314 g/mol. The molecule has 0 aromatic carbocycles. The summed E-state index contributed by atoms with van der Waals surface area (Å²) >= 11 is 6.27. The molecule has 1 unspecified atom stereocenters. The number of alkyl halides is 1. The Kier molecular flexibility index (Phi) is 5.61. The van der Waals surface area contributed by atoms with Gasteiger partial charge in [0.2, 0.25) is 0 Å². The van der Waals surface area contributed by atoms with Crippen molar-refractivity contribution in [2.24, 2.45) is 0 Å². The van der Waals surface area contributed by atoms with Crippen molar-refractivity contribution < 1.29 is 9.47 Å². The third-order valence-electron chi connectivity index (χ3n) is 3.37. The van der Waals surface area contributed by atoms with Crippen LogP contribution in [0.5, 0.6) is 0 Å². The lowest BCUT2D eigenvalue weighted by molar-refractivity contribution is 0.0666. The predicted molar refractivity (Wildman–Crippen MR) is 82.9 cm³/mol. The number of aromatic nitrogens is 4. The molecule has 0 aliphatic carbocycles. The summed E-state index contributed by atoms with van der Waals surface area (Å²) in [5, 5.41) is 4.36. The van der Waals surface area contributed by atoms with Crippen molar-refractivity contribution in [3.63, 3.8) is 0 Å². The predicted octanol–water partition coefficient (Wildman–Crippen LogP) is 2.52. The van der Waals surface area contributed by atoms with Gasteiger partial charge in [0.05, 0.1) is 30.9 Å². The highest BCUT2D eigenvalue weighted by atomic mass is 35.5. The van der Waals surface area contributed by atoms with Gasteiger partial charge in [-0.25, -0.2) is 9.67 Å². The van der Waals surface area contributed by atoms with Crippen LogP contribution in [0.4, 0.5) is 0 Å². The molecule has 0 spiro atoms. The topological polar surface area (TPSA) is 54.1 Å². The number of rotatable bonds is 8. The number of ether oxygens (including phenoxy) is 2. The molecule has 7 heteroatoms. The highest BCUT2D eigenvalue weighted by molar-refractivity contribution is 6.20. The van der Waals surface area contributed by atoms with E-state index < -0.39 is 0 Å². The largest absolute Gasteiger partial charge is 0.382 e. The van der Waals surface area contributed by atoms with Crippen molar-refractivity contribution in [3.05, 3.63) is 11.5 Å². The van der Waals surface area contributed by atoms with E-state index in [1.807, 2.05) is 18.5 Å². The van der Waals surface area contributed by atoms with Gasteiger partial charge in [-0.3, -0.25) is 0 Å². The second-order valence-corrected chi connectivity index (χ2v) is 5.57. The third-order valence-corrected chi connectivity index (χ3v) is 3.57. The second kappa shape index (κ2) is 7.24. The molecular weight excluding hydrogens is 292 g/mol. The van der Waals surface area contributed by atoms with Gasteiger partial charge in [-0.1, -0.05) is 0 Å². The van der Waals surface area contributed by atoms with Gasteiger partial charge in [-0.2, -0.15) is 5.10 Å². The molecule has 1 atom stereocenters. The molecule has 2 aromatic heterocycles. The van der Waals surface area contributed by atoms with E-state index >= 15 is 0 Å². The average molecular weight is 315 g/mol. The Balaban J connectivity index is 2.27. The quantitative estimate of drug-likeness (QED) is 0.555. The van der Waals surface area contributed by atoms with E-state index in [-0.39, 0.29) is 5.38 Å². The van der Waals surface area contributed by atoms with Crippen LogP contribution in [0.25, 0.3) is 11.2 Å². The summed E-state index contributed by atoms with van der Waals surface area (Å²) in [5.41, 5.74) is 2.88. The van der Waals surface area contributed by atoms with Crippen LogP contribution < -0.4 is 0 Å². The minimum Gasteiger partial charge on any atom is -0.382 e. The van der Waals surface area contributed by atoms with Gasteiger partial charge in [0.1, 0.15) is 11.3 Å². The zero-order valence-corrected chi connectivity index (χ0v) is 13.9. The summed E-state index contributed by atoms with van der Waals surface area (Å²) in [6, 6.07) is 0. The Morgan fingerprint density at radius 3 is 2.67 bits per heavy atom. The fraction of sp³-hybridized carbons (Fsp3) is 0.714. The molecule has 0 N–H and O–H groups in total. The Hall–Kier alpha value is -1.11. The Morgan fingerprint density at radius 1 is 1.29 bits per heavy atom. The van der Waals surface area contributed by atoms with Crippen LogP contribution in [0.15, 0.2) is 0 Å². The third kappa shape index (κ3) is 3.39. The maximum atomic E-state index is 6.27. The highest BCUT2D eigenvalue weighted by Gasteiger charge is 2.20. The first-order valence-electron chi connectivity index (χ1n) is 7.24. The number of halogens is 1. The molecule has 2 aromatic rings. The molecule has 0 saturated heterocycles. The standard InChI is InChI=1S/C14H23ClN4O2/c1-5-19-14-12(11(3)17-19)16-13(10(2)15)18(14)6-7-21-9-8-20-4/h10H,5-9H2,1-4H3. The number of hydrogen-bond donors (Lipinski definition) is 0. The number of methoxy groups -OCH3 is 1. The fourth-order valence-corrected chi connectivity index (χ4v) is 2.55. The van der Waals surface area contributed by atoms with Crippen molar-refractivity contribution in [3.8, 4) is 0 Å². The van der Waals surface area contributed by atoms with Crippen LogP contribution in [-0.4, -0.2) is 46.3 Å². The first-order chi connectivity index (χ1) is 10.1. The van der Waals surface area contributed by atoms with Crippen LogP contribution in [0.1, 0.15) is 30.7 Å². The first kappa shape index (κ1) is 16.3. The van der Waals surface area contributed by atoms with Crippen LogP contribution in [0, 0.1) is 6.92 Å². The molecule has 0 amide bonds. The molecule has 2 rings (SSSR count). The van der Waals surface area contributed by atoms with Crippen LogP contribution in [0.3, 0.4) is 0 Å². The molecule has 0 fully saturated rings. The molecule has 0 radical (unpaired) electrons. The van der Waals surface area contributed by atoms with Crippen LogP contribution in [-0.2, 0) is 22.6 Å². The van der Waals surface area contributed by atoms with Gasteiger partial charge in [-0.05, 0) is 20.8 Å². The molecule has 6 nitrogen and oxygen atoms in total. The molecule has 21 heavy (non-hydrogen) atoms. The van der Waals surface area contributed by atoms with E-state index in [0.29, 0.717) is 26.4 Å². The van der Waals surface area contributed by atoms with Crippen molar-refractivity contribution >= 4 is 22.8 Å². The molecule has 0 aliphatic rings. The van der Waals surface area contributed by atoms with Crippen molar-refractivity contribution in [2.75, 3.05) is 26.9 Å². The molecular formula is C14H23ClN4O2. The number of imidazole rings is 1. The van der Waals surface area contributed by atoms with Gasteiger partial charge in [0, 0.05) is 20.2 Å². The van der Waals surface area contributed by atoms with Crippen molar-refractivity contribution in [1.29, 1.82) is 0 Å². The zero-order valence-electron chi connectivity index (χ0n) is 13.1. The first-order valence-corrected chi connectivity index (χ1v) is 7.68. The summed E-state index contributed by atoms with van der Waals surface area (Å²) in [7, 11) is 1.67. The molecule has 0 saturated carbocycles. The lowest BCUT2D eigenvalue weighted by Gasteiger charge is -2.12. The summed E-state index contributed by atoms with van der Waals surface area (Å²) < 4.78 is 14.6. The SMILES string of the molecule is CCn1nc(C)c2nc(C(C)Cl)n(CCOCCOC)c21. The maximum Gasteiger partial charge on any atom is 0.159 e. The van der Waals surface area contributed by atoms with E-state index in [4.69, 9.17) is 21.1 Å². The lowest BCUT2D eigenvalue weighted by Crippen LogP contribution is -2.14. The highest BCUT2D eigenvalue weighted by Crippen LogP contribution is 2.26. The smallest absolute Gasteiger partial charge is 0.159 e. The molecule has 118 valence electrons. The number of hydrogen-bond acceptors (Lipinski definition) is 4. The second-order valence-electron chi connectivity index (χ2n) is 4.92. The van der Waals surface area contributed by atoms with Gasteiger partial charge >= 0.3 is 0 Å². The van der Waals surface area contributed by atoms with E-state index in [1.54, 1.807) is 7.11 Å². The van der Waals surface area contributed by atoms with Crippen molar-refractivity contribution in [1.82, 2.24) is 19.3 Å². The number of aryl methyl sites for hydroxylation is 2. The Morgan fingerprint density at radius 2 is 2.05 bits per heavy atom. The van der Waals surface area contributed by atoms with Gasteiger partial charge in [-0.15, -0.1) is 11.6 Å². The number of nitrogens with zero attached hydrogens (tertiary/aromatic N) is 4. The zero-order chi connectivity index (χ0) is 15.4.